The SMILES string of the molecule is O=C(Cl)OC(Cl)(Cl)Cl.O=C(O)c1ccccc1. The summed E-state index contributed by atoms with van der Waals surface area (Å²) in [5.41, 5.74) is -0.817. The highest BCUT2D eigenvalue weighted by atomic mass is 35.6. The summed E-state index contributed by atoms with van der Waals surface area (Å²) in [4.78, 5) is 20.0. The molecular weight excluding hydrogens is 314 g/mol. The Bertz CT molecular complexity index is 374. The zero-order valence-corrected chi connectivity index (χ0v) is 11.1. The maximum Gasteiger partial charge on any atom is 0.407 e. The fourth-order valence-corrected chi connectivity index (χ4v) is 1.12. The van der Waals surface area contributed by atoms with Crippen LogP contribution in [0.3, 0.4) is 0 Å². The van der Waals surface area contributed by atoms with Gasteiger partial charge in [-0.2, -0.15) is 0 Å². The van der Waals surface area contributed by atoms with E-state index >= 15 is 0 Å². The van der Waals surface area contributed by atoms with Gasteiger partial charge in [-0.05, 0) is 46.9 Å². The Morgan fingerprint density at radius 1 is 1.12 bits per heavy atom. The van der Waals surface area contributed by atoms with Gasteiger partial charge in [0.05, 0.1) is 5.56 Å². The first-order valence-corrected chi connectivity index (χ1v) is 5.47. The van der Waals surface area contributed by atoms with Crippen LogP contribution in [-0.2, 0) is 4.74 Å². The second-order valence-electron chi connectivity index (χ2n) is 2.46. The molecule has 0 bridgehead atoms. The van der Waals surface area contributed by atoms with E-state index in [0.717, 1.165) is 0 Å². The van der Waals surface area contributed by atoms with E-state index in [1.165, 1.54) is 0 Å². The van der Waals surface area contributed by atoms with Crippen molar-refractivity contribution in [2.75, 3.05) is 0 Å². The van der Waals surface area contributed by atoms with Crippen LogP contribution in [0.1, 0.15) is 10.4 Å². The molecule has 0 heterocycles. The molecule has 4 nitrogen and oxygen atoms in total. The van der Waals surface area contributed by atoms with Gasteiger partial charge in [-0.25, -0.2) is 9.59 Å². The van der Waals surface area contributed by atoms with Crippen molar-refractivity contribution in [2.24, 2.45) is 0 Å². The number of hydrogen-bond acceptors (Lipinski definition) is 3. The van der Waals surface area contributed by atoms with Gasteiger partial charge in [-0.1, -0.05) is 18.2 Å². The first-order valence-electron chi connectivity index (χ1n) is 3.96. The lowest BCUT2D eigenvalue weighted by Crippen LogP contribution is -2.09. The molecule has 0 aliphatic rings. The van der Waals surface area contributed by atoms with Gasteiger partial charge in [0.1, 0.15) is 0 Å². The number of carboxylic acids is 1. The topological polar surface area (TPSA) is 63.6 Å². The molecule has 1 rings (SSSR count). The summed E-state index contributed by atoms with van der Waals surface area (Å²) < 4.78 is 1.82. The first-order chi connectivity index (χ1) is 7.72. The van der Waals surface area contributed by atoms with Crippen LogP contribution in [0.25, 0.3) is 0 Å². The summed E-state index contributed by atoms with van der Waals surface area (Å²) in [5.74, 6) is -0.879. The number of halogens is 4. The predicted octanol–water partition coefficient (Wildman–Crippen LogP) is 4.07. The Kier molecular flexibility index (Phi) is 7.30. The van der Waals surface area contributed by atoms with E-state index in [1.807, 2.05) is 0 Å². The van der Waals surface area contributed by atoms with Crippen molar-refractivity contribution in [3.05, 3.63) is 35.9 Å². The zero-order chi connectivity index (χ0) is 13.5. The summed E-state index contributed by atoms with van der Waals surface area (Å²) in [7, 11) is 0. The van der Waals surface area contributed by atoms with E-state index < -0.39 is 15.4 Å². The maximum atomic E-state index is 10.2. The summed E-state index contributed by atoms with van der Waals surface area (Å²) in [6.45, 7) is 0. The fourth-order valence-electron chi connectivity index (χ4n) is 0.672. The number of benzene rings is 1. The van der Waals surface area contributed by atoms with E-state index in [9.17, 15) is 9.59 Å². The number of carboxylic acid groups (broad SMARTS) is 1. The third kappa shape index (κ3) is 10.2. The molecule has 0 radical (unpaired) electrons. The van der Waals surface area contributed by atoms with Gasteiger partial charge in [-0.15, -0.1) is 0 Å². The number of carbonyl (C=O) groups is 2. The Morgan fingerprint density at radius 2 is 1.59 bits per heavy atom. The molecule has 0 amide bonds. The predicted molar refractivity (Wildman–Crippen MR) is 66.0 cm³/mol. The number of rotatable bonds is 1. The van der Waals surface area contributed by atoms with Crippen LogP contribution in [0, 0.1) is 0 Å². The summed E-state index contributed by atoms with van der Waals surface area (Å²) >= 11 is 19.4. The molecule has 94 valence electrons. The van der Waals surface area contributed by atoms with Crippen LogP contribution in [-0.4, -0.2) is 20.5 Å². The smallest absolute Gasteiger partial charge is 0.407 e. The van der Waals surface area contributed by atoms with Gasteiger partial charge in [0.2, 0.25) is 0 Å². The maximum absolute atomic E-state index is 10.2. The minimum absolute atomic E-state index is 0.331. The van der Waals surface area contributed by atoms with Crippen LogP contribution in [0.4, 0.5) is 4.79 Å². The van der Waals surface area contributed by atoms with Crippen molar-refractivity contribution in [3.8, 4) is 0 Å². The summed E-state index contributed by atoms with van der Waals surface area (Å²) in [6, 6.07) is 8.30. The normalized spacial score (nSPS) is 9.88. The third-order valence-electron chi connectivity index (χ3n) is 1.22. The Morgan fingerprint density at radius 3 is 1.76 bits per heavy atom. The zero-order valence-electron chi connectivity index (χ0n) is 8.07. The van der Waals surface area contributed by atoms with Crippen LogP contribution < -0.4 is 0 Å². The van der Waals surface area contributed by atoms with Crippen LogP contribution in [0.5, 0.6) is 0 Å². The monoisotopic (exact) mass is 318 g/mol. The molecule has 0 saturated heterocycles. The lowest BCUT2D eigenvalue weighted by Gasteiger charge is -2.06. The first kappa shape index (κ1) is 16.3. The Labute approximate surface area is 117 Å². The average molecular weight is 320 g/mol. The molecule has 0 aliphatic carbocycles. The third-order valence-corrected chi connectivity index (χ3v) is 1.53. The number of ether oxygens (including phenoxy) is 1. The number of hydrogen-bond donors (Lipinski definition) is 1. The second kappa shape index (κ2) is 7.61. The van der Waals surface area contributed by atoms with E-state index in [-0.39, 0.29) is 0 Å². The van der Waals surface area contributed by atoms with Crippen molar-refractivity contribution in [2.45, 2.75) is 3.98 Å². The number of aromatic carboxylic acids is 1. The molecule has 0 aromatic heterocycles. The van der Waals surface area contributed by atoms with Gasteiger partial charge >= 0.3 is 15.4 Å². The van der Waals surface area contributed by atoms with E-state index in [2.05, 4.69) is 16.3 Å². The van der Waals surface area contributed by atoms with Gasteiger partial charge < -0.3 is 9.84 Å². The number of alkyl halides is 3. The molecule has 1 N–H and O–H groups in total. The van der Waals surface area contributed by atoms with Crippen molar-refractivity contribution in [1.29, 1.82) is 0 Å². The molecule has 8 heteroatoms. The van der Waals surface area contributed by atoms with Crippen molar-refractivity contribution in [1.82, 2.24) is 0 Å². The molecule has 0 aliphatic heterocycles. The quantitative estimate of drug-likeness (QED) is 0.626. The van der Waals surface area contributed by atoms with E-state index in [0.29, 0.717) is 5.56 Å². The van der Waals surface area contributed by atoms with Crippen LogP contribution in [0.15, 0.2) is 30.3 Å². The Balaban J connectivity index is 0.000000304. The van der Waals surface area contributed by atoms with Gasteiger partial charge in [-0.3, -0.25) is 0 Å². The molecule has 17 heavy (non-hydrogen) atoms. The fraction of sp³-hybridized carbons (Fsp3) is 0.111. The second-order valence-corrected chi connectivity index (χ2v) is 4.94. The minimum Gasteiger partial charge on any atom is -0.478 e. The van der Waals surface area contributed by atoms with Gasteiger partial charge in [0.15, 0.2) is 0 Å². The molecule has 0 saturated carbocycles. The lowest BCUT2D eigenvalue weighted by molar-refractivity contribution is 0.0697. The molecule has 0 unspecified atom stereocenters. The molecule has 0 spiro atoms. The van der Waals surface area contributed by atoms with Crippen molar-refractivity contribution in [3.63, 3.8) is 0 Å². The van der Waals surface area contributed by atoms with E-state index in [4.69, 9.17) is 39.9 Å². The minimum atomic E-state index is -2.04. The summed E-state index contributed by atoms with van der Waals surface area (Å²) in [5, 5.41) is 8.38. The number of carbonyl (C=O) groups excluding carboxylic acids is 1. The summed E-state index contributed by atoms with van der Waals surface area (Å²) in [6.07, 6.45) is 0. The standard InChI is InChI=1S/C7H6O2.C2Cl4O2/c8-7(9)6-4-2-1-3-5-6;3-1(7)8-2(4,5)6/h1-5H,(H,8,9);. The molecular formula is C9H6Cl4O4. The molecule has 1 aromatic rings. The average Bonchev–Trinajstić information content (AvgIpc) is 2.16. The van der Waals surface area contributed by atoms with Gasteiger partial charge in [0, 0.05) is 11.6 Å². The van der Waals surface area contributed by atoms with Crippen LogP contribution >= 0.6 is 46.4 Å². The molecule has 0 atom stereocenters. The highest BCUT2D eigenvalue weighted by Gasteiger charge is 2.23. The van der Waals surface area contributed by atoms with Crippen molar-refractivity contribution >= 4 is 57.8 Å². The largest absolute Gasteiger partial charge is 0.478 e. The molecule has 0 fully saturated rings. The van der Waals surface area contributed by atoms with Gasteiger partial charge in [0.25, 0.3) is 0 Å². The van der Waals surface area contributed by atoms with E-state index in [1.54, 1.807) is 30.3 Å². The highest BCUT2D eigenvalue weighted by molar-refractivity contribution is 6.69. The highest BCUT2D eigenvalue weighted by Crippen LogP contribution is 2.27. The molecule has 1 aromatic carbocycles. The lowest BCUT2D eigenvalue weighted by atomic mass is 10.2. The Hall–Kier alpha value is -0.680. The van der Waals surface area contributed by atoms with Crippen LogP contribution in [0.2, 0.25) is 0 Å². The van der Waals surface area contributed by atoms with Crippen molar-refractivity contribution < 1.29 is 19.4 Å².